The van der Waals surface area contributed by atoms with Crippen molar-refractivity contribution in [2.24, 2.45) is 5.92 Å². The molecule has 0 spiro atoms. The number of piperidine rings is 1. The number of rotatable bonds is 5. The molecule has 3 aromatic rings. The molecule has 2 aromatic heterocycles. The van der Waals surface area contributed by atoms with Crippen LogP contribution in [-0.2, 0) is 17.6 Å². The first-order valence-corrected chi connectivity index (χ1v) is 12.6. The number of aryl methyl sites for hydroxylation is 1. The number of hydrogen-bond donors (Lipinski definition) is 1. The Labute approximate surface area is 195 Å². The maximum Gasteiger partial charge on any atom is 0.227 e. The number of aromatic nitrogens is 3. The van der Waals surface area contributed by atoms with Gasteiger partial charge in [-0.15, -0.1) is 0 Å². The molecule has 6 heteroatoms. The second kappa shape index (κ2) is 8.47. The Kier molecular flexibility index (Phi) is 5.31. The van der Waals surface area contributed by atoms with Gasteiger partial charge in [0.1, 0.15) is 5.82 Å². The van der Waals surface area contributed by atoms with Crippen LogP contribution in [0.1, 0.15) is 67.2 Å². The Morgan fingerprint density at radius 2 is 1.97 bits per heavy atom. The highest BCUT2D eigenvalue weighted by molar-refractivity contribution is 5.89. The molecular weight excluding hydrogens is 410 g/mol. The van der Waals surface area contributed by atoms with Gasteiger partial charge in [0.2, 0.25) is 5.91 Å². The summed E-state index contributed by atoms with van der Waals surface area (Å²) in [7, 11) is 0. The van der Waals surface area contributed by atoms with Gasteiger partial charge in [-0.3, -0.25) is 4.79 Å². The van der Waals surface area contributed by atoms with Crippen LogP contribution in [0.4, 0.5) is 5.82 Å². The van der Waals surface area contributed by atoms with E-state index < -0.39 is 0 Å². The normalized spacial score (nSPS) is 20.8. The number of fused-ring (bicyclic) bond motifs is 2. The number of nitrogens with one attached hydrogen (secondary N) is 1. The van der Waals surface area contributed by atoms with Gasteiger partial charge in [0.15, 0.2) is 5.82 Å². The lowest BCUT2D eigenvalue weighted by Crippen LogP contribution is -2.41. The average Bonchev–Trinajstić information content (AvgIpc) is 3.57. The number of benzene rings is 1. The van der Waals surface area contributed by atoms with Crippen molar-refractivity contribution in [3.63, 3.8) is 0 Å². The molecule has 1 amide bonds. The molecule has 0 bridgehead atoms. The van der Waals surface area contributed by atoms with Crippen molar-refractivity contribution in [2.75, 3.05) is 24.5 Å². The fourth-order valence-electron chi connectivity index (χ4n) is 5.69. The molecule has 0 radical (unpaired) electrons. The lowest BCUT2D eigenvalue weighted by Gasteiger charge is -2.37. The zero-order valence-corrected chi connectivity index (χ0v) is 19.5. The smallest absolute Gasteiger partial charge is 0.227 e. The Hall–Kier alpha value is -2.89. The number of aromatic amines is 1. The summed E-state index contributed by atoms with van der Waals surface area (Å²) in [6.07, 6.45) is 10.5. The van der Waals surface area contributed by atoms with Crippen LogP contribution in [0.3, 0.4) is 0 Å². The number of nitrogens with zero attached hydrogens (tertiary/aromatic N) is 4. The minimum atomic E-state index is -0.0230. The second-order valence-electron chi connectivity index (χ2n) is 10.1. The van der Waals surface area contributed by atoms with Crippen LogP contribution in [0, 0.1) is 12.8 Å². The van der Waals surface area contributed by atoms with Gasteiger partial charge < -0.3 is 14.8 Å². The minimum Gasteiger partial charge on any atom is -0.361 e. The van der Waals surface area contributed by atoms with Gasteiger partial charge in [-0.05, 0) is 69.4 Å². The molecule has 1 atom stereocenters. The molecule has 1 saturated heterocycles. The van der Waals surface area contributed by atoms with E-state index in [1.54, 1.807) is 0 Å². The van der Waals surface area contributed by atoms with E-state index in [4.69, 9.17) is 9.97 Å². The van der Waals surface area contributed by atoms with E-state index in [9.17, 15) is 4.79 Å². The molecule has 2 aliphatic heterocycles. The lowest BCUT2D eigenvalue weighted by molar-refractivity contribution is -0.134. The zero-order chi connectivity index (χ0) is 22.4. The molecule has 4 heterocycles. The Bertz CT molecular complexity index is 1180. The van der Waals surface area contributed by atoms with Gasteiger partial charge in [-0.25, -0.2) is 9.97 Å². The number of H-pyrrole nitrogens is 1. The van der Waals surface area contributed by atoms with Crippen LogP contribution >= 0.6 is 0 Å². The number of hydrogen-bond acceptors (Lipinski definition) is 4. The first-order chi connectivity index (χ1) is 16.2. The van der Waals surface area contributed by atoms with Crippen molar-refractivity contribution in [3.8, 4) is 0 Å². The molecule has 0 unspecified atom stereocenters. The van der Waals surface area contributed by atoms with Gasteiger partial charge >= 0.3 is 0 Å². The fraction of sp³-hybridized carbons (Fsp3) is 0.519. The van der Waals surface area contributed by atoms with E-state index in [-0.39, 0.29) is 11.9 Å². The first kappa shape index (κ1) is 20.7. The van der Waals surface area contributed by atoms with Crippen molar-refractivity contribution in [3.05, 3.63) is 53.1 Å². The van der Waals surface area contributed by atoms with E-state index in [1.807, 2.05) is 18.3 Å². The quantitative estimate of drug-likeness (QED) is 0.619. The number of carbonyl (C=O) groups excluding carboxylic acids is 1. The zero-order valence-electron chi connectivity index (χ0n) is 19.5. The molecule has 33 heavy (non-hydrogen) atoms. The summed E-state index contributed by atoms with van der Waals surface area (Å²) in [6.45, 7) is 5.13. The Morgan fingerprint density at radius 1 is 1.09 bits per heavy atom. The van der Waals surface area contributed by atoms with Gasteiger partial charge in [-0.2, -0.15) is 0 Å². The molecule has 1 aromatic carbocycles. The summed E-state index contributed by atoms with van der Waals surface area (Å²) in [5, 5.41) is 1.14. The van der Waals surface area contributed by atoms with Crippen LogP contribution in [0.5, 0.6) is 0 Å². The molecule has 2 fully saturated rings. The van der Waals surface area contributed by atoms with E-state index in [1.165, 1.54) is 24.8 Å². The van der Waals surface area contributed by atoms with Crippen molar-refractivity contribution in [1.29, 1.82) is 0 Å². The van der Waals surface area contributed by atoms with Gasteiger partial charge in [0.25, 0.3) is 0 Å². The predicted molar refractivity (Wildman–Crippen MR) is 130 cm³/mol. The maximum atomic E-state index is 13.5. The van der Waals surface area contributed by atoms with E-state index in [2.05, 4.69) is 33.8 Å². The van der Waals surface area contributed by atoms with Crippen LogP contribution in [0.25, 0.3) is 10.9 Å². The monoisotopic (exact) mass is 443 g/mol. The molecule has 172 valence electrons. The third-order valence-corrected chi connectivity index (χ3v) is 7.68. The SMILES string of the molecule is Cc1nc([C@@H]2CCCCN2C(=O)Cc2c[nH]c3ccccc23)nc2c1CCCN2CC1CC1. The number of para-hydroxylation sites is 1. The van der Waals surface area contributed by atoms with Crippen molar-refractivity contribution >= 4 is 22.6 Å². The van der Waals surface area contributed by atoms with E-state index >= 15 is 0 Å². The molecule has 1 N–H and O–H groups in total. The summed E-state index contributed by atoms with van der Waals surface area (Å²) in [5.74, 6) is 3.00. The topological polar surface area (TPSA) is 65.1 Å². The average molecular weight is 444 g/mol. The fourth-order valence-corrected chi connectivity index (χ4v) is 5.69. The maximum absolute atomic E-state index is 13.5. The van der Waals surface area contributed by atoms with E-state index in [0.717, 1.165) is 85.0 Å². The molecule has 3 aliphatic rings. The van der Waals surface area contributed by atoms with Crippen molar-refractivity contribution in [2.45, 2.75) is 64.3 Å². The van der Waals surface area contributed by atoms with Crippen LogP contribution in [0.2, 0.25) is 0 Å². The van der Waals surface area contributed by atoms with Gasteiger partial charge in [0, 0.05) is 48.0 Å². The highest BCUT2D eigenvalue weighted by Gasteiger charge is 2.33. The summed E-state index contributed by atoms with van der Waals surface area (Å²) >= 11 is 0. The molecule has 1 saturated carbocycles. The second-order valence-corrected chi connectivity index (χ2v) is 10.1. The van der Waals surface area contributed by atoms with Gasteiger partial charge in [-0.1, -0.05) is 18.2 Å². The molecular formula is C27H33N5O. The Balaban J connectivity index is 1.29. The third kappa shape index (κ3) is 4.00. The number of anilines is 1. The van der Waals surface area contributed by atoms with Crippen LogP contribution in [-0.4, -0.2) is 45.4 Å². The largest absolute Gasteiger partial charge is 0.361 e. The number of likely N-dealkylation sites (tertiary alicyclic amines) is 1. The first-order valence-electron chi connectivity index (χ1n) is 12.6. The van der Waals surface area contributed by atoms with Crippen LogP contribution < -0.4 is 4.90 Å². The number of amides is 1. The molecule has 6 rings (SSSR count). The summed E-state index contributed by atoms with van der Waals surface area (Å²) in [5.41, 5.74) is 4.57. The summed E-state index contributed by atoms with van der Waals surface area (Å²) in [4.78, 5) is 31.5. The predicted octanol–water partition coefficient (Wildman–Crippen LogP) is 4.73. The summed E-state index contributed by atoms with van der Waals surface area (Å²) < 4.78 is 0. The molecule has 6 nitrogen and oxygen atoms in total. The van der Waals surface area contributed by atoms with Crippen molar-refractivity contribution < 1.29 is 4.79 Å². The van der Waals surface area contributed by atoms with Gasteiger partial charge in [0.05, 0.1) is 12.5 Å². The summed E-state index contributed by atoms with van der Waals surface area (Å²) in [6, 6.07) is 8.18. The van der Waals surface area contributed by atoms with Crippen molar-refractivity contribution in [1.82, 2.24) is 19.9 Å². The highest BCUT2D eigenvalue weighted by atomic mass is 16.2. The Morgan fingerprint density at radius 3 is 2.85 bits per heavy atom. The third-order valence-electron chi connectivity index (χ3n) is 7.68. The lowest BCUT2D eigenvalue weighted by atomic mass is 9.98. The van der Waals surface area contributed by atoms with E-state index in [0.29, 0.717) is 6.42 Å². The standard InChI is InChI=1S/C27H33N5O/c1-18-21-8-6-13-31(17-19-11-12-19)27(21)30-26(29-18)24-10-4-5-14-32(24)25(33)15-20-16-28-23-9-3-2-7-22(20)23/h2-3,7,9,16,19,24,28H,4-6,8,10-15,17H2,1H3/t24-/m0/s1. The van der Waals surface area contributed by atoms with Crippen LogP contribution in [0.15, 0.2) is 30.5 Å². The number of carbonyl (C=O) groups is 1. The highest BCUT2D eigenvalue weighted by Crippen LogP contribution is 2.37. The minimum absolute atomic E-state index is 0.0230. The molecule has 1 aliphatic carbocycles.